The SMILES string of the molecule is Cc1cc(Oc2ccccc2O)ccc1N1C(=O)Nc2c(C(=O)NC3CCCNC3)sc3nccc1c23. The Morgan fingerprint density at radius 1 is 1.22 bits per heavy atom. The standard InChI is InChI=1S/C27H25N5O4S/c1-15-13-17(36-21-7-3-2-6-20(21)33)8-9-18(15)32-19-10-12-29-26-22(19)23(31-27(32)35)24(37-26)25(34)30-16-5-4-11-28-14-16/h2-3,6-10,12-13,16,28,33H,4-5,11,14H2,1H3,(H,30,34)(H,31,35). The number of carbonyl (C=O) groups is 2. The third-order valence-corrected chi connectivity index (χ3v) is 7.68. The Morgan fingerprint density at radius 2 is 2.08 bits per heavy atom. The molecule has 0 spiro atoms. The molecule has 2 aliphatic heterocycles. The Hall–Kier alpha value is -4.15. The van der Waals surface area contributed by atoms with Crippen LogP contribution in [0.3, 0.4) is 0 Å². The number of phenols is 1. The van der Waals surface area contributed by atoms with E-state index < -0.39 is 0 Å². The van der Waals surface area contributed by atoms with Gasteiger partial charge in [0.25, 0.3) is 5.91 Å². The van der Waals surface area contributed by atoms with Crippen LogP contribution in [-0.2, 0) is 0 Å². The minimum atomic E-state index is -0.357. The van der Waals surface area contributed by atoms with Crippen LogP contribution in [0.4, 0.5) is 21.9 Å². The molecule has 0 bridgehead atoms. The molecule has 9 nitrogen and oxygen atoms in total. The van der Waals surface area contributed by atoms with Crippen molar-refractivity contribution >= 4 is 50.6 Å². The van der Waals surface area contributed by atoms with Gasteiger partial charge in [-0.15, -0.1) is 11.3 Å². The van der Waals surface area contributed by atoms with Crippen LogP contribution in [0.1, 0.15) is 28.1 Å². The summed E-state index contributed by atoms with van der Waals surface area (Å²) < 4.78 is 5.84. The van der Waals surface area contributed by atoms with E-state index in [9.17, 15) is 14.7 Å². The minimum Gasteiger partial charge on any atom is -0.504 e. The second kappa shape index (κ2) is 9.38. The Bertz CT molecular complexity index is 1530. The Morgan fingerprint density at radius 3 is 2.86 bits per heavy atom. The Balaban J connectivity index is 1.34. The molecule has 0 aliphatic carbocycles. The molecule has 4 heterocycles. The van der Waals surface area contributed by atoms with E-state index in [1.807, 2.05) is 13.0 Å². The third-order valence-electron chi connectivity index (χ3n) is 6.59. The van der Waals surface area contributed by atoms with Crippen LogP contribution >= 0.6 is 11.3 Å². The first-order chi connectivity index (χ1) is 18.0. The van der Waals surface area contributed by atoms with Crippen molar-refractivity contribution in [2.24, 2.45) is 0 Å². The smallest absolute Gasteiger partial charge is 0.331 e. The summed E-state index contributed by atoms with van der Waals surface area (Å²) in [6.07, 6.45) is 3.59. The Labute approximate surface area is 217 Å². The highest BCUT2D eigenvalue weighted by atomic mass is 32.1. The van der Waals surface area contributed by atoms with Crippen molar-refractivity contribution in [2.45, 2.75) is 25.8 Å². The number of benzene rings is 2. The van der Waals surface area contributed by atoms with Gasteiger partial charge in [-0.3, -0.25) is 9.69 Å². The van der Waals surface area contributed by atoms with Crippen molar-refractivity contribution in [1.29, 1.82) is 0 Å². The molecular formula is C27H25N5O4S. The summed E-state index contributed by atoms with van der Waals surface area (Å²) >= 11 is 1.28. The molecule has 3 amide bonds. The van der Waals surface area contributed by atoms with Crippen molar-refractivity contribution in [3.8, 4) is 17.2 Å². The molecule has 2 aliphatic rings. The second-order valence-electron chi connectivity index (χ2n) is 9.12. The lowest BCUT2D eigenvalue weighted by Crippen LogP contribution is -2.45. The number of aryl methyl sites for hydroxylation is 1. The summed E-state index contributed by atoms with van der Waals surface area (Å²) in [5.74, 6) is 0.725. The molecule has 1 fully saturated rings. The van der Waals surface area contributed by atoms with Crippen LogP contribution in [0.15, 0.2) is 54.7 Å². The lowest BCUT2D eigenvalue weighted by molar-refractivity contribution is 0.0935. The molecule has 1 saturated heterocycles. The maximum atomic E-state index is 13.4. The van der Waals surface area contributed by atoms with Gasteiger partial charge < -0.3 is 25.8 Å². The fourth-order valence-corrected chi connectivity index (χ4v) is 5.84. The highest BCUT2D eigenvalue weighted by molar-refractivity contribution is 7.21. The monoisotopic (exact) mass is 515 g/mol. The summed E-state index contributed by atoms with van der Waals surface area (Å²) in [6, 6.07) is 13.6. The third kappa shape index (κ3) is 4.24. The number of nitrogens with zero attached hydrogens (tertiary/aromatic N) is 2. The molecule has 1 atom stereocenters. The minimum absolute atomic E-state index is 0.0448. The zero-order valence-corrected chi connectivity index (χ0v) is 20.9. The van der Waals surface area contributed by atoms with Crippen LogP contribution in [0.2, 0.25) is 0 Å². The number of aromatic hydroxyl groups is 1. The number of para-hydroxylation sites is 2. The van der Waals surface area contributed by atoms with Gasteiger partial charge in [0.05, 0.1) is 22.4 Å². The quantitative estimate of drug-likeness (QED) is 0.288. The van der Waals surface area contributed by atoms with E-state index in [0.29, 0.717) is 38.3 Å². The molecule has 4 N–H and O–H groups in total. The van der Waals surface area contributed by atoms with Gasteiger partial charge in [0, 0.05) is 18.8 Å². The van der Waals surface area contributed by atoms with Gasteiger partial charge in [-0.25, -0.2) is 9.78 Å². The average molecular weight is 516 g/mol. The number of ether oxygens (including phenoxy) is 1. The number of amides is 3. The number of rotatable bonds is 5. The van der Waals surface area contributed by atoms with E-state index in [4.69, 9.17) is 4.74 Å². The number of hydrogen-bond acceptors (Lipinski definition) is 7. The summed E-state index contributed by atoms with van der Waals surface area (Å²) in [5, 5.41) is 20.1. The number of thiophene rings is 1. The normalized spacial score (nSPS) is 16.9. The van der Waals surface area contributed by atoms with Gasteiger partial charge in [-0.05, 0) is 68.3 Å². The number of nitrogens with one attached hydrogen (secondary N) is 3. The Kier molecular flexibility index (Phi) is 5.90. The summed E-state index contributed by atoms with van der Waals surface area (Å²) in [7, 11) is 0. The first-order valence-corrected chi connectivity index (χ1v) is 12.9. The molecule has 0 radical (unpaired) electrons. The summed E-state index contributed by atoms with van der Waals surface area (Å²) in [6.45, 7) is 3.58. The molecular weight excluding hydrogens is 490 g/mol. The molecule has 1 unspecified atom stereocenters. The van der Waals surface area contributed by atoms with Gasteiger partial charge in [0.15, 0.2) is 11.5 Å². The molecule has 37 heavy (non-hydrogen) atoms. The second-order valence-corrected chi connectivity index (χ2v) is 10.1. The molecule has 4 aromatic rings. The van der Waals surface area contributed by atoms with E-state index in [1.165, 1.54) is 11.3 Å². The molecule has 0 saturated carbocycles. The topological polar surface area (TPSA) is 116 Å². The zero-order chi connectivity index (χ0) is 25.5. The lowest BCUT2D eigenvalue weighted by atomic mass is 10.1. The molecule has 188 valence electrons. The largest absolute Gasteiger partial charge is 0.504 e. The fourth-order valence-electron chi connectivity index (χ4n) is 4.82. The maximum Gasteiger partial charge on any atom is 0.331 e. The number of piperidine rings is 1. The molecule has 2 aromatic heterocycles. The van der Waals surface area contributed by atoms with Crippen molar-refractivity contribution in [3.05, 3.63) is 65.2 Å². The van der Waals surface area contributed by atoms with Crippen LogP contribution < -0.4 is 25.6 Å². The van der Waals surface area contributed by atoms with Crippen molar-refractivity contribution in [2.75, 3.05) is 23.3 Å². The first-order valence-electron chi connectivity index (χ1n) is 12.1. The number of carbonyl (C=O) groups excluding carboxylic acids is 2. The van der Waals surface area contributed by atoms with E-state index in [1.54, 1.807) is 53.6 Å². The van der Waals surface area contributed by atoms with Gasteiger partial charge >= 0.3 is 6.03 Å². The van der Waals surface area contributed by atoms with Crippen molar-refractivity contribution < 1.29 is 19.4 Å². The zero-order valence-electron chi connectivity index (χ0n) is 20.1. The van der Waals surface area contributed by atoms with Crippen LogP contribution in [-0.4, -0.2) is 41.2 Å². The van der Waals surface area contributed by atoms with E-state index in [-0.39, 0.29) is 23.7 Å². The van der Waals surface area contributed by atoms with E-state index in [2.05, 4.69) is 20.9 Å². The number of anilines is 3. The lowest BCUT2D eigenvalue weighted by Gasteiger charge is -2.30. The number of aromatic nitrogens is 1. The van der Waals surface area contributed by atoms with E-state index >= 15 is 0 Å². The number of pyridine rings is 1. The first kappa shape index (κ1) is 23.3. The molecule has 10 heteroatoms. The maximum absolute atomic E-state index is 13.4. The van der Waals surface area contributed by atoms with Crippen LogP contribution in [0.5, 0.6) is 17.2 Å². The summed E-state index contributed by atoms with van der Waals surface area (Å²) in [5.41, 5.74) is 2.64. The van der Waals surface area contributed by atoms with Crippen molar-refractivity contribution in [3.63, 3.8) is 0 Å². The fraction of sp³-hybridized carbons (Fsp3) is 0.222. The molecule has 6 rings (SSSR count). The molecule has 2 aromatic carbocycles. The number of urea groups is 1. The summed E-state index contributed by atoms with van der Waals surface area (Å²) in [4.78, 5) is 33.8. The van der Waals surface area contributed by atoms with Crippen molar-refractivity contribution in [1.82, 2.24) is 15.6 Å². The van der Waals surface area contributed by atoms with Gasteiger partial charge in [0.1, 0.15) is 15.5 Å². The van der Waals surface area contributed by atoms with Crippen LogP contribution in [0, 0.1) is 6.92 Å². The van der Waals surface area contributed by atoms with Gasteiger partial charge in [0.2, 0.25) is 0 Å². The predicted molar refractivity (Wildman–Crippen MR) is 143 cm³/mol. The predicted octanol–water partition coefficient (Wildman–Crippen LogP) is 5.27. The van der Waals surface area contributed by atoms with Gasteiger partial charge in [-0.1, -0.05) is 12.1 Å². The highest BCUT2D eigenvalue weighted by Gasteiger charge is 2.33. The number of hydrogen-bond donors (Lipinski definition) is 4. The van der Waals surface area contributed by atoms with Gasteiger partial charge in [-0.2, -0.15) is 0 Å². The number of phenolic OH excluding ortho intramolecular Hbond substituents is 1. The van der Waals surface area contributed by atoms with Crippen LogP contribution in [0.25, 0.3) is 10.2 Å². The average Bonchev–Trinajstić information content (AvgIpc) is 3.27. The highest BCUT2D eigenvalue weighted by Crippen LogP contribution is 2.46. The van der Waals surface area contributed by atoms with E-state index in [0.717, 1.165) is 36.9 Å².